The molecule has 2 aliphatic rings. The fourth-order valence-corrected chi connectivity index (χ4v) is 4.68. The van der Waals surface area contributed by atoms with Gasteiger partial charge in [-0.2, -0.15) is 0 Å². The van der Waals surface area contributed by atoms with E-state index in [1.54, 1.807) is 6.92 Å². The number of hydrogen-bond donors (Lipinski definition) is 2. The molecule has 2 aliphatic heterocycles. The van der Waals surface area contributed by atoms with E-state index in [-0.39, 0.29) is 23.3 Å². The lowest BCUT2D eigenvalue weighted by Crippen LogP contribution is -2.47. The first-order chi connectivity index (χ1) is 9.42. The van der Waals surface area contributed by atoms with E-state index in [0.717, 1.165) is 31.7 Å². The molecular weight excluding hydrogens is 315 g/mol. The van der Waals surface area contributed by atoms with Crippen molar-refractivity contribution in [2.75, 3.05) is 0 Å². The number of halogens is 2. The predicted octanol–water partition coefficient (Wildman–Crippen LogP) is 2.12. The van der Waals surface area contributed by atoms with Crippen molar-refractivity contribution in [2.45, 2.75) is 55.6 Å². The number of hydrogen-bond acceptors (Lipinski definition) is 3. The third-order valence-electron chi connectivity index (χ3n) is 4.12. The summed E-state index contributed by atoms with van der Waals surface area (Å²) in [7, 11) is -3.64. The fourth-order valence-electron chi connectivity index (χ4n) is 3.30. The zero-order valence-corrected chi connectivity index (χ0v) is 13.4. The molecule has 0 aromatic heterocycles. The Morgan fingerprint density at radius 1 is 1.19 bits per heavy atom. The number of rotatable bonds is 3. The highest BCUT2D eigenvalue weighted by atomic mass is 35.5. The van der Waals surface area contributed by atoms with Crippen LogP contribution in [0.15, 0.2) is 23.1 Å². The van der Waals surface area contributed by atoms with Gasteiger partial charge in [-0.25, -0.2) is 17.5 Å². The van der Waals surface area contributed by atoms with Crippen molar-refractivity contribution in [3.8, 4) is 0 Å². The van der Waals surface area contributed by atoms with Crippen molar-refractivity contribution in [1.29, 1.82) is 0 Å². The van der Waals surface area contributed by atoms with Crippen molar-refractivity contribution in [1.82, 2.24) is 10.0 Å². The average Bonchev–Trinajstić information content (AvgIpc) is 2.67. The molecule has 2 heterocycles. The summed E-state index contributed by atoms with van der Waals surface area (Å²) in [5.41, 5.74) is 0.607. The number of fused-ring (bicyclic) bond motifs is 2. The second kappa shape index (κ2) is 6.20. The molecule has 2 unspecified atom stereocenters. The summed E-state index contributed by atoms with van der Waals surface area (Å²) < 4.78 is 40.8. The fraction of sp³-hybridized carbons (Fsp3) is 0.571. The second-order valence-corrected chi connectivity index (χ2v) is 7.61. The standard InChI is InChI=1S/C14H19FN2O2S.ClH/c1-9-4-10(15)6-14(5-9)20(18,19)17-13-7-11-2-3-12(8-13)16-11;/h4-6,11-13,16-17H,2-3,7-8H2,1H3;1H. The van der Waals surface area contributed by atoms with Crippen LogP contribution in [0, 0.1) is 12.7 Å². The number of piperidine rings is 1. The second-order valence-electron chi connectivity index (χ2n) is 5.89. The Kier molecular flexibility index (Phi) is 4.92. The van der Waals surface area contributed by atoms with E-state index in [1.165, 1.54) is 12.1 Å². The number of nitrogens with one attached hydrogen (secondary N) is 2. The molecule has 21 heavy (non-hydrogen) atoms. The maximum absolute atomic E-state index is 13.4. The number of sulfonamides is 1. The smallest absolute Gasteiger partial charge is 0.240 e. The van der Waals surface area contributed by atoms with Gasteiger partial charge in [0.25, 0.3) is 0 Å². The van der Waals surface area contributed by atoms with Crippen LogP contribution in [0.25, 0.3) is 0 Å². The van der Waals surface area contributed by atoms with Crippen molar-refractivity contribution in [3.05, 3.63) is 29.6 Å². The Morgan fingerprint density at radius 2 is 1.81 bits per heavy atom. The van der Waals surface area contributed by atoms with Gasteiger partial charge in [0.05, 0.1) is 4.90 Å². The van der Waals surface area contributed by atoms with Crippen LogP contribution in [0.3, 0.4) is 0 Å². The Labute approximate surface area is 131 Å². The Morgan fingerprint density at radius 3 is 2.38 bits per heavy atom. The third kappa shape index (κ3) is 3.74. The van der Waals surface area contributed by atoms with Gasteiger partial charge in [-0.1, -0.05) is 0 Å². The van der Waals surface area contributed by atoms with Crippen LogP contribution in [0.5, 0.6) is 0 Å². The molecule has 0 saturated carbocycles. The highest BCUT2D eigenvalue weighted by Gasteiger charge is 2.35. The summed E-state index contributed by atoms with van der Waals surface area (Å²) in [4.78, 5) is 0.0147. The monoisotopic (exact) mass is 334 g/mol. The summed E-state index contributed by atoms with van der Waals surface area (Å²) in [6.07, 6.45) is 3.85. The minimum absolute atomic E-state index is 0. The first kappa shape index (κ1) is 16.7. The maximum Gasteiger partial charge on any atom is 0.240 e. The molecule has 118 valence electrons. The van der Waals surface area contributed by atoms with Gasteiger partial charge in [0, 0.05) is 18.1 Å². The van der Waals surface area contributed by atoms with Gasteiger partial charge < -0.3 is 5.32 Å². The van der Waals surface area contributed by atoms with Gasteiger partial charge in [0.1, 0.15) is 5.82 Å². The molecule has 2 fully saturated rings. The quantitative estimate of drug-likeness (QED) is 0.890. The minimum atomic E-state index is -3.64. The summed E-state index contributed by atoms with van der Waals surface area (Å²) in [6, 6.07) is 4.67. The third-order valence-corrected chi connectivity index (χ3v) is 5.62. The highest BCUT2D eigenvalue weighted by Crippen LogP contribution is 2.27. The van der Waals surface area contributed by atoms with E-state index in [4.69, 9.17) is 0 Å². The minimum Gasteiger partial charge on any atom is -0.311 e. The largest absolute Gasteiger partial charge is 0.311 e. The lowest BCUT2D eigenvalue weighted by atomic mass is 10.0. The van der Waals surface area contributed by atoms with Gasteiger partial charge in [0.15, 0.2) is 0 Å². The topological polar surface area (TPSA) is 58.2 Å². The van der Waals surface area contributed by atoms with Crippen LogP contribution >= 0.6 is 12.4 Å². The zero-order chi connectivity index (χ0) is 14.3. The molecule has 4 nitrogen and oxygen atoms in total. The molecule has 0 amide bonds. The molecule has 3 rings (SSSR count). The van der Waals surface area contributed by atoms with Gasteiger partial charge in [-0.05, 0) is 56.4 Å². The molecule has 2 saturated heterocycles. The summed E-state index contributed by atoms with van der Waals surface area (Å²) in [5.74, 6) is -0.518. The first-order valence-electron chi connectivity index (χ1n) is 6.98. The van der Waals surface area contributed by atoms with Gasteiger partial charge in [-0.15, -0.1) is 12.4 Å². The normalized spacial score (nSPS) is 28.2. The van der Waals surface area contributed by atoms with Crippen LogP contribution in [-0.4, -0.2) is 26.5 Å². The summed E-state index contributed by atoms with van der Waals surface area (Å²) in [6.45, 7) is 1.69. The van der Waals surface area contributed by atoms with E-state index in [0.29, 0.717) is 17.6 Å². The lowest BCUT2D eigenvalue weighted by Gasteiger charge is -2.29. The number of aryl methyl sites for hydroxylation is 1. The molecule has 0 aliphatic carbocycles. The highest BCUT2D eigenvalue weighted by molar-refractivity contribution is 7.89. The van der Waals surface area contributed by atoms with Crippen molar-refractivity contribution in [3.63, 3.8) is 0 Å². The van der Waals surface area contributed by atoms with E-state index in [1.807, 2.05) is 0 Å². The first-order valence-corrected chi connectivity index (χ1v) is 8.46. The SMILES string of the molecule is Cc1cc(F)cc(S(=O)(=O)NC2CC3CCC(C2)N3)c1.Cl. The van der Waals surface area contributed by atoms with E-state index >= 15 is 0 Å². The van der Waals surface area contributed by atoms with E-state index in [9.17, 15) is 12.8 Å². The Hall–Kier alpha value is -0.690. The van der Waals surface area contributed by atoms with Gasteiger partial charge in [-0.3, -0.25) is 0 Å². The maximum atomic E-state index is 13.4. The summed E-state index contributed by atoms with van der Waals surface area (Å²) >= 11 is 0. The van der Waals surface area contributed by atoms with Crippen LogP contribution < -0.4 is 10.0 Å². The predicted molar refractivity (Wildman–Crippen MR) is 81.7 cm³/mol. The molecule has 0 radical (unpaired) electrons. The molecule has 2 atom stereocenters. The molecular formula is C14H20ClFN2O2S. The van der Waals surface area contributed by atoms with Crippen molar-refractivity contribution < 1.29 is 12.8 Å². The Bertz CT molecular complexity index is 591. The zero-order valence-electron chi connectivity index (χ0n) is 11.8. The number of benzene rings is 1. The molecule has 7 heteroatoms. The molecule has 1 aromatic carbocycles. The van der Waals surface area contributed by atoms with E-state index < -0.39 is 15.8 Å². The summed E-state index contributed by atoms with van der Waals surface area (Å²) in [5, 5.41) is 3.47. The van der Waals surface area contributed by atoms with Crippen LogP contribution in [-0.2, 0) is 10.0 Å². The van der Waals surface area contributed by atoms with Crippen LogP contribution in [0.1, 0.15) is 31.2 Å². The van der Waals surface area contributed by atoms with Crippen molar-refractivity contribution in [2.24, 2.45) is 0 Å². The van der Waals surface area contributed by atoms with Gasteiger partial charge >= 0.3 is 0 Å². The lowest BCUT2D eigenvalue weighted by molar-refractivity contribution is 0.345. The van der Waals surface area contributed by atoms with Crippen LogP contribution in [0.2, 0.25) is 0 Å². The van der Waals surface area contributed by atoms with Crippen LogP contribution in [0.4, 0.5) is 4.39 Å². The molecule has 0 spiro atoms. The van der Waals surface area contributed by atoms with Crippen molar-refractivity contribution >= 4 is 22.4 Å². The molecule has 2 N–H and O–H groups in total. The van der Waals surface area contributed by atoms with E-state index in [2.05, 4.69) is 10.0 Å². The average molecular weight is 335 g/mol. The van der Waals surface area contributed by atoms with Gasteiger partial charge in [0.2, 0.25) is 10.0 Å². The Balaban J connectivity index is 0.00000161. The molecule has 2 bridgehead atoms. The molecule has 1 aromatic rings.